The summed E-state index contributed by atoms with van der Waals surface area (Å²) in [6.07, 6.45) is 8.08. The monoisotopic (exact) mass is 228 g/mol. The van der Waals surface area contributed by atoms with Gasteiger partial charge in [-0.25, -0.2) is 0 Å². The number of carbonyl (C=O) groups is 1. The van der Waals surface area contributed by atoms with Crippen LogP contribution in [0.4, 0.5) is 0 Å². The van der Waals surface area contributed by atoms with E-state index in [1.165, 1.54) is 5.57 Å². The minimum Gasteiger partial charge on any atom is -0.497 e. The second-order valence-electron chi connectivity index (χ2n) is 4.13. The molecule has 2 rings (SSSR count). The van der Waals surface area contributed by atoms with Crippen LogP contribution in [-0.4, -0.2) is 13.4 Å². The van der Waals surface area contributed by atoms with Crippen molar-refractivity contribution in [1.82, 2.24) is 0 Å². The molecule has 0 aromatic heterocycles. The smallest absolute Gasteiger partial charge is 0.146 e. The van der Waals surface area contributed by atoms with Crippen LogP contribution in [0.15, 0.2) is 41.5 Å². The molecule has 0 atom stereocenters. The van der Waals surface area contributed by atoms with Gasteiger partial charge in [0.2, 0.25) is 0 Å². The summed E-state index contributed by atoms with van der Waals surface area (Å²) < 4.78 is 5.17. The summed E-state index contributed by atoms with van der Waals surface area (Å²) in [5.74, 6) is 0.850. The highest BCUT2D eigenvalue weighted by Crippen LogP contribution is 2.26. The van der Waals surface area contributed by atoms with Gasteiger partial charge in [-0.2, -0.15) is 0 Å². The van der Waals surface area contributed by atoms with Crippen LogP contribution in [0.5, 0.6) is 5.75 Å². The van der Waals surface area contributed by atoms with Crippen LogP contribution in [-0.2, 0) is 4.79 Å². The van der Waals surface area contributed by atoms with Crippen molar-refractivity contribution in [3.8, 4) is 5.75 Å². The molecule has 0 spiro atoms. The van der Waals surface area contributed by atoms with Gasteiger partial charge in [0.1, 0.15) is 12.0 Å². The Bertz CT molecular complexity index is 470. The Morgan fingerprint density at radius 2 is 2.00 bits per heavy atom. The average molecular weight is 228 g/mol. The Morgan fingerprint density at radius 3 is 2.76 bits per heavy atom. The number of carbonyl (C=O) groups excluding carboxylic acids is 1. The molecule has 0 bridgehead atoms. The average Bonchev–Trinajstić information content (AvgIpc) is 2.84. The lowest BCUT2D eigenvalue weighted by Gasteiger charge is -2.00. The first-order valence-corrected chi connectivity index (χ1v) is 5.83. The molecular weight excluding hydrogens is 212 g/mol. The van der Waals surface area contributed by atoms with E-state index >= 15 is 0 Å². The van der Waals surface area contributed by atoms with E-state index in [0.717, 1.165) is 42.4 Å². The van der Waals surface area contributed by atoms with Crippen LogP contribution < -0.4 is 4.74 Å². The van der Waals surface area contributed by atoms with Gasteiger partial charge in [-0.3, -0.25) is 4.79 Å². The number of methoxy groups -OCH3 is 1. The van der Waals surface area contributed by atoms with E-state index in [4.69, 9.17) is 4.74 Å². The summed E-state index contributed by atoms with van der Waals surface area (Å²) in [5.41, 5.74) is 3.21. The van der Waals surface area contributed by atoms with Gasteiger partial charge in [-0.15, -0.1) is 0 Å². The van der Waals surface area contributed by atoms with Crippen molar-refractivity contribution in [2.75, 3.05) is 7.11 Å². The predicted molar refractivity (Wildman–Crippen MR) is 69.0 cm³/mol. The molecule has 1 aromatic carbocycles. The molecule has 2 heteroatoms. The molecule has 0 N–H and O–H groups in total. The summed E-state index contributed by atoms with van der Waals surface area (Å²) in [6.45, 7) is 0. The molecular formula is C15H16O2. The first kappa shape index (κ1) is 11.6. The largest absolute Gasteiger partial charge is 0.497 e. The van der Waals surface area contributed by atoms with E-state index < -0.39 is 0 Å². The summed E-state index contributed by atoms with van der Waals surface area (Å²) >= 11 is 0. The Hall–Kier alpha value is -1.83. The standard InChI is InChI=1S/C15H16O2/c1-17-15-7-2-4-12(10-15)8-9-13-5-3-6-14(13)11-16/h2,4,7-11H,3,5-6H2,1H3. The van der Waals surface area contributed by atoms with E-state index in [1.807, 2.05) is 36.4 Å². The van der Waals surface area contributed by atoms with E-state index in [1.54, 1.807) is 7.11 Å². The minimum atomic E-state index is 0.850. The Kier molecular flexibility index (Phi) is 3.76. The number of aldehydes is 1. The van der Waals surface area contributed by atoms with Gasteiger partial charge in [-0.05, 0) is 48.1 Å². The van der Waals surface area contributed by atoms with Crippen LogP contribution in [0.25, 0.3) is 6.08 Å². The van der Waals surface area contributed by atoms with E-state index in [2.05, 4.69) is 0 Å². The maximum atomic E-state index is 10.8. The zero-order chi connectivity index (χ0) is 12.1. The summed E-state index contributed by atoms with van der Waals surface area (Å²) in [5, 5.41) is 0. The predicted octanol–water partition coefficient (Wildman–Crippen LogP) is 3.39. The van der Waals surface area contributed by atoms with Crippen molar-refractivity contribution in [3.05, 3.63) is 47.1 Å². The molecule has 0 aliphatic heterocycles. The zero-order valence-corrected chi connectivity index (χ0v) is 9.98. The second-order valence-corrected chi connectivity index (χ2v) is 4.13. The normalized spacial score (nSPS) is 15.6. The Balaban J connectivity index is 2.17. The van der Waals surface area contributed by atoms with Gasteiger partial charge < -0.3 is 4.74 Å². The number of hydrogen-bond donors (Lipinski definition) is 0. The second kappa shape index (κ2) is 5.48. The number of hydrogen-bond acceptors (Lipinski definition) is 2. The molecule has 88 valence electrons. The van der Waals surface area contributed by atoms with E-state index in [0.29, 0.717) is 0 Å². The maximum Gasteiger partial charge on any atom is 0.146 e. The minimum absolute atomic E-state index is 0.850. The molecule has 0 unspecified atom stereocenters. The Labute approximate surface area is 102 Å². The first-order valence-electron chi connectivity index (χ1n) is 5.83. The highest BCUT2D eigenvalue weighted by molar-refractivity contribution is 5.77. The van der Waals surface area contributed by atoms with Gasteiger partial charge in [0.05, 0.1) is 7.11 Å². The molecule has 1 aromatic rings. The third kappa shape index (κ3) is 2.84. The maximum absolute atomic E-state index is 10.8. The summed E-state index contributed by atoms with van der Waals surface area (Å²) in [6, 6.07) is 7.88. The molecule has 2 nitrogen and oxygen atoms in total. The topological polar surface area (TPSA) is 26.3 Å². The first-order chi connectivity index (χ1) is 8.33. The van der Waals surface area contributed by atoms with Gasteiger partial charge in [-0.1, -0.05) is 24.3 Å². The van der Waals surface area contributed by atoms with Gasteiger partial charge >= 0.3 is 0 Å². The molecule has 1 aliphatic carbocycles. The van der Waals surface area contributed by atoms with Crippen molar-refractivity contribution >= 4 is 12.4 Å². The fourth-order valence-electron chi connectivity index (χ4n) is 2.06. The van der Waals surface area contributed by atoms with Crippen molar-refractivity contribution in [3.63, 3.8) is 0 Å². The van der Waals surface area contributed by atoms with Crippen LogP contribution in [0.3, 0.4) is 0 Å². The van der Waals surface area contributed by atoms with E-state index in [-0.39, 0.29) is 0 Å². The molecule has 17 heavy (non-hydrogen) atoms. The molecule has 0 fully saturated rings. The van der Waals surface area contributed by atoms with E-state index in [9.17, 15) is 4.79 Å². The van der Waals surface area contributed by atoms with Crippen LogP contribution in [0.2, 0.25) is 0 Å². The number of ether oxygens (including phenoxy) is 1. The van der Waals surface area contributed by atoms with Crippen LogP contribution in [0, 0.1) is 0 Å². The summed E-state index contributed by atoms with van der Waals surface area (Å²) in [7, 11) is 1.66. The summed E-state index contributed by atoms with van der Waals surface area (Å²) in [4.78, 5) is 10.8. The lowest BCUT2D eigenvalue weighted by Crippen LogP contribution is -1.83. The lowest BCUT2D eigenvalue weighted by atomic mass is 10.1. The van der Waals surface area contributed by atoms with Gasteiger partial charge in [0.15, 0.2) is 0 Å². The highest BCUT2D eigenvalue weighted by atomic mass is 16.5. The van der Waals surface area contributed by atoms with Gasteiger partial charge in [0, 0.05) is 0 Å². The Morgan fingerprint density at radius 1 is 1.18 bits per heavy atom. The van der Waals surface area contributed by atoms with Crippen molar-refractivity contribution in [1.29, 1.82) is 0 Å². The van der Waals surface area contributed by atoms with Crippen LogP contribution in [0.1, 0.15) is 24.8 Å². The molecule has 0 heterocycles. The zero-order valence-electron chi connectivity index (χ0n) is 9.98. The van der Waals surface area contributed by atoms with Crippen LogP contribution >= 0.6 is 0 Å². The SMILES string of the molecule is COc1cccc(C=CC2=C(C=O)CCC2)c1. The highest BCUT2D eigenvalue weighted by Gasteiger charge is 2.10. The quantitative estimate of drug-likeness (QED) is 0.738. The number of allylic oxidation sites excluding steroid dienone is 3. The molecule has 0 saturated heterocycles. The fraction of sp³-hybridized carbons (Fsp3) is 0.267. The third-order valence-electron chi connectivity index (χ3n) is 3.02. The number of rotatable bonds is 4. The molecule has 0 radical (unpaired) electrons. The lowest BCUT2D eigenvalue weighted by molar-refractivity contribution is -0.105. The molecule has 0 saturated carbocycles. The fourth-order valence-corrected chi connectivity index (χ4v) is 2.06. The van der Waals surface area contributed by atoms with Crippen molar-refractivity contribution in [2.45, 2.75) is 19.3 Å². The molecule has 0 amide bonds. The molecule has 1 aliphatic rings. The third-order valence-corrected chi connectivity index (χ3v) is 3.02. The van der Waals surface area contributed by atoms with Gasteiger partial charge in [0.25, 0.3) is 0 Å². The number of benzene rings is 1. The van der Waals surface area contributed by atoms with Crippen molar-refractivity contribution < 1.29 is 9.53 Å². The van der Waals surface area contributed by atoms with Crippen molar-refractivity contribution in [2.24, 2.45) is 0 Å².